The number of rotatable bonds is 7. The minimum atomic E-state index is -3.46. The number of sulfonamides is 1. The van der Waals surface area contributed by atoms with Crippen LogP contribution in [0.25, 0.3) is 0 Å². The Morgan fingerprint density at radius 1 is 0.967 bits per heavy atom. The van der Waals surface area contributed by atoms with E-state index in [4.69, 9.17) is 4.74 Å². The van der Waals surface area contributed by atoms with Crippen LogP contribution in [0, 0.1) is 0 Å². The lowest BCUT2D eigenvalue weighted by atomic mass is 9.86. The molecule has 0 radical (unpaired) electrons. The van der Waals surface area contributed by atoms with Gasteiger partial charge in [-0.3, -0.25) is 4.90 Å². The molecule has 0 saturated carbocycles. The first-order valence-corrected chi connectivity index (χ1v) is 11.8. The fourth-order valence-corrected chi connectivity index (χ4v) is 5.09. The van der Waals surface area contributed by atoms with E-state index in [0.717, 1.165) is 11.3 Å². The number of nitrogens with zero attached hydrogens (tertiary/aromatic N) is 2. The first-order chi connectivity index (χ1) is 14.2. The van der Waals surface area contributed by atoms with Crippen LogP contribution in [0.4, 0.5) is 0 Å². The molecule has 1 N–H and O–H groups in total. The highest BCUT2D eigenvalue weighted by Crippen LogP contribution is 2.31. The van der Waals surface area contributed by atoms with Crippen molar-refractivity contribution in [3.05, 3.63) is 60.2 Å². The van der Waals surface area contributed by atoms with E-state index in [0.29, 0.717) is 37.6 Å². The van der Waals surface area contributed by atoms with E-state index < -0.39 is 16.1 Å². The topological polar surface area (TPSA) is 70.1 Å². The van der Waals surface area contributed by atoms with Crippen LogP contribution in [0.2, 0.25) is 0 Å². The van der Waals surface area contributed by atoms with Crippen LogP contribution in [0.15, 0.2) is 59.5 Å². The summed E-state index contributed by atoms with van der Waals surface area (Å²) < 4.78 is 32.9. The predicted octanol–water partition coefficient (Wildman–Crippen LogP) is 2.73. The molecular formula is C23H32N2O4S. The largest absolute Gasteiger partial charge is 0.491 e. The van der Waals surface area contributed by atoms with Crippen LogP contribution >= 0.6 is 0 Å². The van der Waals surface area contributed by atoms with Gasteiger partial charge in [0, 0.05) is 32.7 Å². The van der Waals surface area contributed by atoms with Gasteiger partial charge in [0.05, 0.1) is 4.90 Å². The van der Waals surface area contributed by atoms with E-state index in [1.807, 2.05) is 24.3 Å². The van der Waals surface area contributed by atoms with Gasteiger partial charge in [-0.15, -0.1) is 0 Å². The van der Waals surface area contributed by atoms with Gasteiger partial charge >= 0.3 is 0 Å². The lowest BCUT2D eigenvalue weighted by molar-refractivity contribution is 0.0563. The standard InChI is InChI=1S/C23H32N2O4S/c1-23(2,3)21-11-7-8-12-22(21)29-18-19(26)17-24-13-15-25(16-14-24)30(27,28)20-9-5-4-6-10-20/h4-12,19,26H,13-18H2,1-3H3. The molecule has 0 spiro atoms. The van der Waals surface area contributed by atoms with Crippen molar-refractivity contribution in [2.24, 2.45) is 0 Å². The van der Waals surface area contributed by atoms with Crippen molar-refractivity contribution in [1.29, 1.82) is 0 Å². The second-order valence-corrected chi connectivity index (χ2v) is 10.7. The summed E-state index contributed by atoms with van der Waals surface area (Å²) in [6, 6.07) is 16.4. The van der Waals surface area contributed by atoms with Gasteiger partial charge in [0.15, 0.2) is 0 Å². The number of hydrogen-bond acceptors (Lipinski definition) is 5. The summed E-state index contributed by atoms with van der Waals surface area (Å²) in [5.74, 6) is 0.794. The number of hydrogen-bond donors (Lipinski definition) is 1. The summed E-state index contributed by atoms with van der Waals surface area (Å²) in [5.41, 5.74) is 1.07. The average molecular weight is 433 g/mol. The number of aliphatic hydroxyl groups is 1. The molecule has 1 aliphatic heterocycles. The summed E-state index contributed by atoms with van der Waals surface area (Å²) in [4.78, 5) is 2.41. The maximum Gasteiger partial charge on any atom is 0.243 e. The Bertz CT molecular complexity index is 918. The van der Waals surface area contributed by atoms with E-state index in [-0.39, 0.29) is 12.0 Å². The summed E-state index contributed by atoms with van der Waals surface area (Å²) >= 11 is 0. The van der Waals surface area contributed by atoms with Crippen LogP contribution in [-0.2, 0) is 15.4 Å². The minimum Gasteiger partial charge on any atom is -0.491 e. The number of ether oxygens (including phenoxy) is 1. The van der Waals surface area contributed by atoms with Crippen molar-refractivity contribution in [3.63, 3.8) is 0 Å². The van der Waals surface area contributed by atoms with Crippen LogP contribution in [-0.4, -0.2) is 68.2 Å². The van der Waals surface area contributed by atoms with Crippen LogP contribution in [0.5, 0.6) is 5.75 Å². The number of benzene rings is 2. The lowest BCUT2D eigenvalue weighted by Gasteiger charge is -2.35. The number of aliphatic hydroxyl groups excluding tert-OH is 1. The molecule has 6 nitrogen and oxygen atoms in total. The molecule has 0 amide bonds. The molecule has 164 valence electrons. The molecule has 1 saturated heterocycles. The Morgan fingerprint density at radius 3 is 2.20 bits per heavy atom. The molecule has 30 heavy (non-hydrogen) atoms. The third kappa shape index (κ3) is 5.60. The fraction of sp³-hybridized carbons (Fsp3) is 0.478. The first-order valence-electron chi connectivity index (χ1n) is 10.4. The van der Waals surface area contributed by atoms with Crippen LogP contribution in [0.1, 0.15) is 26.3 Å². The maximum atomic E-state index is 12.7. The molecule has 7 heteroatoms. The molecular weight excluding hydrogens is 400 g/mol. The summed E-state index contributed by atoms with van der Waals surface area (Å²) in [7, 11) is -3.46. The van der Waals surface area contributed by atoms with Crippen LogP contribution < -0.4 is 4.74 Å². The molecule has 1 aliphatic rings. The second-order valence-electron chi connectivity index (χ2n) is 8.73. The van der Waals surface area contributed by atoms with Gasteiger partial charge in [-0.1, -0.05) is 57.2 Å². The van der Waals surface area contributed by atoms with Gasteiger partial charge in [-0.25, -0.2) is 8.42 Å². The van der Waals surface area contributed by atoms with Gasteiger partial charge < -0.3 is 9.84 Å². The average Bonchev–Trinajstić information content (AvgIpc) is 2.73. The van der Waals surface area contributed by atoms with Gasteiger partial charge in [0.25, 0.3) is 0 Å². The van der Waals surface area contributed by atoms with E-state index in [1.165, 1.54) is 4.31 Å². The molecule has 1 heterocycles. The number of para-hydroxylation sites is 1. The predicted molar refractivity (Wildman–Crippen MR) is 118 cm³/mol. The van der Waals surface area contributed by atoms with Gasteiger partial charge in [-0.2, -0.15) is 4.31 Å². The monoisotopic (exact) mass is 432 g/mol. The fourth-order valence-electron chi connectivity index (χ4n) is 3.64. The van der Waals surface area contributed by atoms with Gasteiger partial charge in [0.2, 0.25) is 10.0 Å². The van der Waals surface area contributed by atoms with Crippen molar-refractivity contribution in [2.45, 2.75) is 37.2 Å². The minimum absolute atomic E-state index is 0.0396. The summed E-state index contributed by atoms with van der Waals surface area (Å²) in [6.45, 7) is 9.06. The highest BCUT2D eigenvalue weighted by molar-refractivity contribution is 7.89. The Kier molecular flexibility index (Phi) is 7.18. The molecule has 0 aromatic heterocycles. The maximum absolute atomic E-state index is 12.7. The van der Waals surface area contributed by atoms with E-state index in [2.05, 4.69) is 25.7 Å². The zero-order valence-corrected chi connectivity index (χ0v) is 18.8. The molecule has 2 aromatic carbocycles. The normalized spacial score (nSPS) is 17.6. The molecule has 3 rings (SSSR count). The number of β-amino-alcohol motifs (C(OH)–C–C–N with tert-alkyl or cyclic N) is 1. The van der Waals surface area contributed by atoms with Gasteiger partial charge in [-0.05, 0) is 29.2 Å². The van der Waals surface area contributed by atoms with Crippen molar-refractivity contribution >= 4 is 10.0 Å². The second kappa shape index (κ2) is 9.47. The van der Waals surface area contributed by atoms with E-state index in [9.17, 15) is 13.5 Å². The van der Waals surface area contributed by atoms with Crippen molar-refractivity contribution < 1.29 is 18.3 Å². The summed E-state index contributed by atoms with van der Waals surface area (Å²) in [6.07, 6.45) is -0.643. The van der Waals surface area contributed by atoms with Gasteiger partial charge in [0.1, 0.15) is 18.5 Å². The third-order valence-corrected chi connectivity index (χ3v) is 7.22. The number of piperazine rings is 1. The Labute approximate surface area is 180 Å². The molecule has 2 aromatic rings. The van der Waals surface area contributed by atoms with Crippen molar-refractivity contribution in [3.8, 4) is 5.75 Å². The Hall–Kier alpha value is -1.93. The first kappa shape index (κ1) is 22.7. The molecule has 1 fully saturated rings. The lowest BCUT2D eigenvalue weighted by Crippen LogP contribution is -2.50. The quantitative estimate of drug-likeness (QED) is 0.729. The Morgan fingerprint density at radius 2 is 1.57 bits per heavy atom. The van der Waals surface area contributed by atoms with E-state index in [1.54, 1.807) is 30.3 Å². The van der Waals surface area contributed by atoms with Crippen LogP contribution in [0.3, 0.4) is 0 Å². The summed E-state index contributed by atoms with van der Waals surface area (Å²) in [5, 5.41) is 10.5. The zero-order chi connectivity index (χ0) is 21.8. The zero-order valence-electron chi connectivity index (χ0n) is 18.0. The molecule has 0 bridgehead atoms. The van der Waals surface area contributed by atoms with E-state index >= 15 is 0 Å². The SMILES string of the molecule is CC(C)(C)c1ccccc1OCC(O)CN1CCN(S(=O)(=O)c2ccccc2)CC1. The van der Waals surface area contributed by atoms with Crippen molar-refractivity contribution in [2.75, 3.05) is 39.3 Å². The molecule has 1 atom stereocenters. The molecule has 0 aliphatic carbocycles. The molecule has 1 unspecified atom stereocenters. The smallest absolute Gasteiger partial charge is 0.243 e. The Balaban J connectivity index is 1.50. The third-order valence-electron chi connectivity index (χ3n) is 5.31. The van der Waals surface area contributed by atoms with Crippen molar-refractivity contribution in [1.82, 2.24) is 9.21 Å². The highest BCUT2D eigenvalue weighted by Gasteiger charge is 2.29. The highest BCUT2D eigenvalue weighted by atomic mass is 32.2.